The SMILES string of the molecule is CCC(CC)CC1CCNc2ccccc21. The lowest BCUT2D eigenvalue weighted by atomic mass is 9.82. The molecule has 0 aliphatic carbocycles. The molecule has 1 aromatic rings. The Hall–Kier alpha value is -0.980. The van der Waals surface area contributed by atoms with Gasteiger partial charge >= 0.3 is 0 Å². The third-order valence-electron chi connectivity index (χ3n) is 3.98. The van der Waals surface area contributed by atoms with Gasteiger partial charge in [-0.05, 0) is 36.3 Å². The summed E-state index contributed by atoms with van der Waals surface area (Å²) in [5, 5.41) is 3.50. The second kappa shape index (κ2) is 5.38. The van der Waals surface area contributed by atoms with Gasteiger partial charge in [0.05, 0.1) is 0 Å². The Labute approximate surface area is 99.3 Å². The Balaban J connectivity index is 2.12. The molecule has 0 aromatic heterocycles. The van der Waals surface area contributed by atoms with Gasteiger partial charge in [0.2, 0.25) is 0 Å². The van der Waals surface area contributed by atoms with Crippen LogP contribution in [0.15, 0.2) is 24.3 Å². The highest BCUT2D eigenvalue weighted by Crippen LogP contribution is 2.36. The highest BCUT2D eigenvalue weighted by atomic mass is 14.9. The summed E-state index contributed by atoms with van der Waals surface area (Å²) in [6.45, 7) is 5.78. The van der Waals surface area contributed by atoms with Gasteiger partial charge in [-0.2, -0.15) is 0 Å². The lowest BCUT2D eigenvalue weighted by Crippen LogP contribution is -2.18. The number of benzene rings is 1. The van der Waals surface area contributed by atoms with E-state index in [0.717, 1.165) is 18.4 Å². The van der Waals surface area contributed by atoms with E-state index in [4.69, 9.17) is 0 Å². The Morgan fingerprint density at radius 2 is 2.00 bits per heavy atom. The van der Waals surface area contributed by atoms with Crippen molar-refractivity contribution in [2.24, 2.45) is 5.92 Å². The van der Waals surface area contributed by atoms with Gasteiger partial charge in [-0.15, -0.1) is 0 Å². The molecule has 0 fully saturated rings. The molecular weight excluding hydrogens is 194 g/mol. The van der Waals surface area contributed by atoms with Crippen molar-refractivity contribution in [1.29, 1.82) is 0 Å². The van der Waals surface area contributed by atoms with Gasteiger partial charge in [0, 0.05) is 12.2 Å². The first-order valence-corrected chi connectivity index (χ1v) is 6.68. The minimum Gasteiger partial charge on any atom is -0.385 e. The predicted molar refractivity (Wildman–Crippen MR) is 71.0 cm³/mol. The van der Waals surface area contributed by atoms with Crippen LogP contribution in [0.4, 0.5) is 5.69 Å². The number of anilines is 1. The van der Waals surface area contributed by atoms with E-state index in [2.05, 4.69) is 43.4 Å². The summed E-state index contributed by atoms with van der Waals surface area (Å²) in [4.78, 5) is 0. The standard InChI is InChI=1S/C15H23N/c1-3-12(4-2)11-13-9-10-16-15-8-6-5-7-14(13)15/h5-8,12-13,16H,3-4,9-11H2,1-2H3. The summed E-state index contributed by atoms with van der Waals surface area (Å²) in [6, 6.07) is 8.82. The van der Waals surface area contributed by atoms with E-state index in [-0.39, 0.29) is 0 Å². The van der Waals surface area contributed by atoms with Crippen molar-refractivity contribution in [2.75, 3.05) is 11.9 Å². The van der Waals surface area contributed by atoms with Gasteiger partial charge in [0.1, 0.15) is 0 Å². The molecular formula is C15H23N. The zero-order valence-electron chi connectivity index (χ0n) is 10.5. The van der Waals surface area contributed by atoms with Crippen molar-refractivity contribution in [3.63, 3.8) is 0 Å². The summed E-state index contributed by atoms with van der Waals surface area (Å²) in [5.41, 5.74) is 2.91. The normalized spacial score (nSPS) is 19.3. The maximum atomic E-state index is 3.50. The fourth-order valence-corrected chi connectivity index (χ4v) is 2.82. The molecule has 1 aliphatic heterocycles. The molecule has 0 saturated carbocycles. The molecule has 2 rings (SSSR count). The molecule has 16 heavy (non-hydrogen) atoms. The van der Waals surface area contributed by atoms with E-state index in [1.54, 1.807) is 5.56 Å². The van der Waals surface area contributed by atoms with E-state index < -0.39 is 0 Å². The Kier molecular flexibility index (Phi) is 3.87. The van der Waals surface area contributed by atoms with Crippen LogP contribution in [-0.4, -0.2) is 6.54 Å². The molecule has 1 nitrogen and oxygen atoms in total. The molecule has 88 valence electrons. The predicted octanol–water partition coefficient (Wildman–Crippen LogP) is 4.41. The Bertz CT molecular complexity index is 328. The van der Waals surface area contributed by atoms with E-state index in [9.17, 15) is 0 Å². The quantitative estimate of drug-likeness (QED) is 0.787. The average molecular weight is 217 g/mol. The van der Waals surface area contributed by atoms with Gasteiger partial charge in [-0.1, -0.05) is 44.9 Å². The molecule has 1 unspecified atom stereocenters. The second-order valence-electron chi connectivity index (χ2n) is 4.92. The van der Waals surface area contributed by atoms with Crippen molar-refractivity contribution >= 4 is 5.69 Å². The van der Waals surface area contributed by atoms with E-state index in [0.29, 0.717) is 0 Å². The molecule has 0 amide bonds. The van der Waals surface area contributed by atoms with Gasteiger partial charge < -0.3 is 5.32 Å². The first-order chi connectivity index (χ1) is 7.85. The molecule has 1 heteroatoms. The summed E-state index contributed by atoms with van der Waals surface area (Å²) in [5.74, 6) is 1.68. The summed E-state index contributed by atoms with van der Waals surface area (Å²) in [7, 11) is 0. The maximum absolute atomic E-state index is 3.50. The first kappa shape index (κ1) is 11.5. The van der Waals surface area contributed by atoms with E-state index in [1.807, 2.05) is 0 Å². The summed E-state index contributed by atoms with van der Waals surface area (Å²) < 4.78 is 0. The number of nitrogens with one attached hydrogen (secondary N) is 1. The molecule has 0 spiro atoms. The molecule has 1 heterocycles. The molecule has 1 atom stereocenters. The van der Waals surface area contributed by atoms with Crippen LogP contribution in [0.1, 0.15) is 51.0 Å². The van der Waals surface area contributed by atoms with Crippen LogP contribution < -0.4 is 5.32 Å². The fourth-order valence-electron chi connectivity index (χ4n) is 2.82. The van der Waals surface area contributed by atoms with Crippen LogP contribution in [0.3, 0.4) is 0 Å². The number of rotatable bonds is 4. The number of fused-ring (bicyclic) bond motifs is 1. The fraction of sp³-hybridized carbons (Fsp3) is 0.600. The van der Waals surface area contributed by atoms with Crippen LogP contribution in [0.25, 0.3) is 0 Å². The zero-order chi connectivity index (χ0) is 11.4. The van der Waals surface area contributed by atoms with Crippen molar-refractivity contribution in [1.82, 2.24) is 0 Å². The van der Waals surface area contributed by atoms with Gasteiger partial charge in [-0.25, -0.2) is 0 Å². The average Bonchev–Trinajstić information content (AvgIpc) is 2.36. The summed E-state index contributed by atoms with van der Waals surface area (Å²) in [6.07, 6.45) is 5.31. The van der Waals surface area contributed by atoms with Crippen LogP contribution in [0, 0.1) is 5.92 Å². The number of hydrogen-bond acceptors (Lipinski definition) is 1. The molecule has 1 aliphatic rings. The second-order valence-corrected chi connectivity index (χ2v) is 4.92. The van der Waals surface area contributed by atoms with E-state index >= 15 is 0 Å². The lowest BCUT2D eigenvalue weighted by Gasteiger charge is -2.29. The largest absolute Gasteiger partial charge is 0.385 e. The topological polar surface area (TPSA) is 12.0 Å². The zero-order valence-corrected chi connectivity index (χ0v) is 10.5. The number of para-hydroxylation sites is 1. The molecule has 1 aromatic carbocycles. The van der Waals surface area contributed by atoms with Gasteiger partial charge in [0.15, 0.2) is 0 Å². The van der Waals surface area contributed by atoms with Crippen LogP contribution in [0.5, 0.6) is 0 Å². The third kappa shape index (κ3) is 2.40. The minimum atomic E-state index is 0.780. The maximum Gasteiger partial charge on any atom is 0.0375 e. The lowest BCUT2D eigenvalue weighted by molar-refractivity contribution is 0.398. The van der Waals surface area contributed by atoms with Crippen molar-refractivity contribution < 1.29 is 0 Å². The molecule has 0 radical (unpaired) electrons. The van der Waals surface area contributed by atoms with Gasteiger partial charge in [-0.3, -0.25) is 0 Å². The van der Waals surface area contributed by atoms with Crippen molar-refractivity contribution in [3.8, 4) is 0 Å². The Morgan fingerprint density at radius 1 is 1.25 bits per heavy atom. The van der Waals surface area contributed by atoms with Crippen LogP contribution in [-0.2, 0) is 0 Å². The third-order valence-corrected chi connectivity index (χ3v) is 3.98. The van der Waals surface area contributed by atoms with Crippen LogP contribution in [0.2, 0.25) is 0 Å². The molecule has 1 N–H and O–H groups in total. The van der Waals surface area contributed by atoms with Crippen LogP contribution >= 0.6 is 0 Å². The van der Waals surface area contributed by atoms with Crippen molar-refractivity contribution in [3.05, 3.63) is 29.8 Å². The molecule has 0 bridgehead atoms. The summed E-state index contributed by atoms with van der Waals surface area (Å²) >= 11 is 0. The highest BCUT2D eigenvalue weighted by Gasteiger charge is 2.21. The minimum absolute atomic E-state index is 0.780. The van der Waals surface area contributed by atoms with Crippen molar-refractivity contribution in [2.45, 2.75) is 45.4 Å². The van der Waals surface area contributed by atoms with Gasteiger partial charge in [0.25, 0.3) is 0 Å². The van der Waals surface area contributed by atoms with E-state index in [1.165, 1.54) is 31.4 Å². The first-order valence-electron chi connectivity index (χ1n) is 6.68. The monoisotopic (exact) mass is 217 g/mol. The molecule has 0 saturated heterocycles. The number of hydrogen-bond donors (Lipinski definition) is 1. The Morgan fingerprint density at radius 3 is 2.75 bits per heavy atom. The smallest absolute Gasteiger partial charge is 0.0375 e. The highest BCUT2D eigenvalue weighted by molar-refractivity contribution is 5.54.